The van der Waals surface area contributed by atoms with Crippen LogP contribution < -0.4 is 5.32 Å². The minimum absolute atomic E-state index is 0.404. The molecule has 1 rings (SSSR count). The Morgan fingerprint density at radius 2 is 2.20 bits per heavy atom. The van der Waals surface area contributed by atoms with E-state index in [2.05, 4.69) is 29.1 Å². The Morgan fingerprint density at radius 1 is 1.33 bits per heavy atom. The maximum atomic E-state index is 4.32. The normalized spacial score (nSPS) is 12.9. The van der Waals surface area contributed by atoms with Gasteiger partial charge in [-0.25, -0.2) is 4.98 Å². The topological polar surface area (TPSA) is 40.7 Å². The average Bonchev–Trinajstić information content (AvgIpc) is 2.76. The molecule has 0 aromatic carbocycles. The van der Waals surface area contributed by atoms with Gasteiger partial charge in [0.15, 0.2) is 0 Å². The highest BCUT2D eigenvalue weighted by molar-refractivity contribution is 4.95. The highest BCUT2D eigenvalue weighted by atomic mass is 15.0. The predicted octanol–water partition coefficient (Wildman–Crippen LogP) is 3.03. The Morgan fingerprint density at radius 3 is 2.80 bits per heavy atom. The van der Waals surface area contributed by atoms with Gasteiger partial charge in [-0.05, 0) is 13.0 Å². The van der Waals surface area contributed by atoms with Gasteiger partial charge in [0.05, 0.1) is 6.04 Å². The number of nitrogens with zero attached hydrogens (tertiary/aromatic N) is 1. The predicted molar refractivity (Wildman–Crippen MR) is 63.8 cm³/mol. The fourth-order valence-corrected chi connectivity index (χ4v) is 1.83. The molecule has 0 aliphatic carbocycles. The van der Waals surface area contributed by atoms with Gasteiger partial charge < -0.3 is 10.3 Å². The van der Waals surface area contributed by atoms with Crippen molar-refractivity contribution in [2.24, 2.45) is 0 Å². The van der Waals surface area contributed by atoms with E-state index in [-0.39, 0.29) is 0 Å². The first kappa shape index (κ1) is 12.2. The summed E-state index contributed by atoms with van der Waals surface area (Å²) in [7, 11) is 0. The Balaban J connectivity index is 2.31. The highest BCUT2D eigenvalue weighted by Crippen LogP contribution is 2.16. The number of H-pyrrole nitrogens is 1. The molecule has 86 valence electrons. The zero-order chi connectivity index (χ0) is 10.9. The summed E-state index contributed by atoms with van der Waals surface area (Å²) >= 11 is 0. The van der Waals surface area contributed by atoms with Crippen molar-refractivity contribution in [1.29, 1.82) is 0 Å². The molecule has 2 N–H and O–H groups in total. The molecule has 1 heterocycles. The minimum Gasteiger partial charge on any atom is -0.347 e. The van der Waals surface area contributed by atoms with Gasteiger partial charge in [0.1, 0.15) is 5.82 Å². The highest BCUT2D eigenvalue weighted by Gasteiger charge is 2.11. The van der Waals surface area contributed by atoms with Crippen molar-refractivity contribution in [2.75, 3.05) is 6.54 Å². The standard InChI is InChI=1S/C12H23N3/c1-3-5-6-7-8-11(13-4-2)12-14-9-10-15-12/h9-11,13H,3-8H2,1-2H3,(H,14,15). The van der Waals surface area contributed by atoms with Crippen LogP contribution in [0.15, 0.2) is 12.4 Å². The lowest BCUT2D eigenvalue weighted by atomic mass is 10.1. The number of aromatic amines is 1. The van der Waals surface area contributed by atoms with Gasteiger partial charge in [-0.3, -0.25) is 0 Å². The van der Waals surface area contributed by atoms with E-state index in [9.17, 15) is 0 Å². The lowest BCUT2D eigenvalue weighted by Crippen LogP contribution is -2.21. The molecule has 1 aromatic rings. The lowest BCUT2D eigenvalue weighted by molar-refractivity contribution is 0.465. The molecule has 1 aromatic heterocycles. The van der Waals surface area contributed by atoms with Crippen LogP contribution in [0.1, 0.15) is 57.8 Å². The molecule has 0 radical (unpaired) electrons. The Labute approximate surface area is 92.7 Å². The molecule has 0 saturated heterocycles. The first-order valence-electron chi connectivity index (χ1n) is 6.11. The number of hydrogen-bond acceptors (Lipinski definition) is 2. The maximum Gasteiger partial charge on any atom is 0.123 e. The molecule has 1 unspecified atom stereocenters. The summed E-state index contributed by atoms with van der Waals surface area (Å²) in [6.07, 6.45) is 10.2. The summed E-state index contributed by atoms with van der Waals surface area (Å²) in [5.41, 5.74) is 0. The van der Waals surface area contributed by atoms with Gasteiger partial charge in [0.2, 0.25) is 0 Å². The van der Waals surface area contributed by atoms with E-state index in [1.165, 1.54) is 32.1 Å². The average molecular weight is 209 g/mol. The van der Waals surface area contributed by atoms with Gasteiger partial charge in [-0.2, -0.15) is 0 Å². The number of rotatable bonds is 8. The molecule has 0 aliphatic rings. The van der Waals surface area contributed by atoms with E-state index in [0.717, 1.165) is 12.4 Å². The fourth-order valence-electron chi connectivity index (χ4n) is 1.83. The summed E-state index contributed by atoms with van der Waals surface area (Å²) in [5, 5.41) is 3.47. The van der Waals surface area contributed by atoms with E-state index in [1.807, 2.05) is 12.4 Å². The zero-order valence-electron chi connectivity index (χ0n) is 9.92. The molecule has 0 saturated carbocycles. The number of hydrogen-bond donors (Lipinski definition) is 2. The molecule has 0 fully saturated rings. The van der Waals surface area contributed by atoms with Gasteiger partial charge in [-0.15, -0.1) is 0 Å². The van der Waals surface area contributed by atoms with E-state index in [4.69, 9.17) is 0 Å². The van der Waals surface area contributed by atoms with E-state index < -0.39 is 0 Å². The van der Waals surface area contributed by atoms with Crippen LogP contribution in [-0.4, -0.2) is 16.5 Å². The third kappa shape index (κ3) is 4.47. The number of imidazole rings is 1. The molecule has 0 spiro atoms. The van der Waals surface area contributed by atoms with Crippen LogP contribution in [-0.2, 0) is 0 Å². The Hall–Kier alpha value is -0.830. The third-order valence-corrected chi connectivity index (χ3v) is 2.65. The van der Waals surface area contributed by atoms with Crippen LogP contribution in [0.3, 0.4) is 0 Å². The van der Waals surface area contributed by atoms with Crippen molar-refractivity contribution in [2.45, 2.75) is 52.0 Å². The fraction of sp³-hybridized carbons (Fsp3) is 0.750. The van der Waals surface area contributed by atoms with Gasteiger partial charge in [0.25, 0.3) is 0 Å². The second-order valence-electron chi connectivity index (χ2n) is 3.93. The van der Waals surface area contributed by atoms with E-state index in [1.54, 1.807) is 0 Å². The molecular formula is C12H23N3. The second kappa shape index (κ2) is 7.46. The van der Waals surface area contributed by atoms with Crippen molar-refractivity contribution >= 4 is 0 Å². The van der Waals surface area contributed by atoms with Crippen molar-refractivity contribution < 1.29 is 0 Å². The Bertz CT molecular complexity index is 231. The number of aromatic nitrogens is 2. The smallest absolute Gasteiger partial charge is 0.123 e. The molecule has 15 heavy (non-hydrogen) atoms. The summed E-state index contributed by atoms with van der Waals surface area (Å²) < 4.78 is 0. The molecule has 1 atom stereocenters. The van der Waals surface area contributed by atoms with Crippen LogP contribution >= 0.6 is 0 Å². The summed E-state index contributed by atoms with van der Waals surface area (Å²) in [4.78, 5) is 7.51. The molecule has 0 amide bonds. The molecular weight excluding hydrogens is 186 g/mol. The maximum absolute atomic E-state index is 4.32. The van der Waals surface area contributed by atoms with Crippen LogP contribution in [0.5, 0.6) is 0 Å². The first-order valence-corrected chi connectivity index (χ1v) is 6.11. The van der Waals surface area contributed by atoms with Crippen molar-refractivity contribution in [1.82, 2.24) is 15.3 Å². The van der Waals surface area contributed by atoms with Crippen LogP contribution in [0.25, 0.3) is 0 Å². The molecule has 3 nitrogen and oxygen atoms in total. The SMILES string of the molecule is CCCCCCC(NCC)c1ncc[nH]1. The largest absolute Gasteiger partial charge is 0.347 e. The quantitative estimate of drug-likeness (QED) is 0.646. The molecule has 0 aliphatic heterocycles. The second-order valence-corrected chi connectivity index (χ2v) is 3.93. The summed E-state index contributed by atoms with van der Waals surface area (Å²) in [6.45, 7) is 5.38. The molecule has 0 bridgehead atoms. The van der Waals surface area contributed by atoms with E-state index >= 15 is 0 Å². The first-order chi connectivity index (χ1) is 7.38. The number of nitrogens with one attached hydrogen (secondary N) is 2. The van der Waals surface area contributed by atoms with Crippen molar-refractivity contribution in [3.8, 4) is 0 Å². The monoisotopic (exact) mass is 209 g/mol. The third-order valence-electron chi connectivity index (χ3n) is 2.65. The van der Waals surface area contributed by atoms with Crippen molar-refractivity contribution in [3.05, 3.63) is 18.2 Å². The minimum atomic E-state index is 0.404. The summed E-state index contributed by atoms with van der Waals surface area (Å²) in [5.74, 6) is 1.08. The van der Waals surface area contributed by atoms with Crippen LogP contribution in [0.4, 0.5) is 0 Å². The number of unbranched alkanes of at least 4 members (excludes halogenated alkanes) is 3. The molecule has 3 heteroatoms. The van der Waals surface area contributed by atoms with Crippen molar-refractivity contribution in [3.63, 3.8) is 0 Å². The zero-order valence-corrected chi connectivity index (χ0v) is 9.92. The summed E-state index contributed by atoms with van der Waals surface area (Å²) in [6, 6.07) is 0.404. The van der Waals surface area contributed by atoms with Gasteiger partial charge >= 0.3 is 0 Å². The van der Waals surface area contributed by atoms with Crippen LogP contribution in [0.2, 0.25) is 0 Å². The van der Waals surface area contributed by atoms with Crippen LogP contribution in [0, 0.1) is 0 Å². The lowest BCUT2D eigenvalue weighted by Gasteiger charge is -2.15. The van der Waals surface area contributed by atoms with Gasteiger partial charge in [-0.1, -0.05) is 39.5 Å². The van der Waals surface area contributed by atoms with Gasteiger partial charge in [0, 0.05) is 12.4 Å². The Kier molecular flexibility index (Phi) is 6.09. The van der Waals surface area contributed by atoms with E-state index in [0.29, 0.717) is 6.04 Å².